The molecule has 0 bridgehead atoms. The van der Waals surface area contributed by atoms with Gasteiger partial charge in [0.05, 0.1) is 6.20 Å². The van der Waals surface area contributed by atoms with E-state index in [1.807, 2.05) is 0 Å². The molecule has 6 heteroatoms. The third kappa shape index (κ3) is 4.31. The van der Waals surface area contributed by atoms with Crippen molar-refractivity contribution < 1.29 is 19.4 Å². The maximum Gasteiger partial charge on any atom is 0.341 e. The Hall–Kier alpha value is -2.89. The van der Waals surface area contributed by atoms with Crippen LogP contribution in [-0.2, 0) is 11.8 Å². The van der Waals surface area contributed by atoms with Gasteiger partial charge in [0.25, 0.3) is 0 Å². The van der Waals surface area contributed by atoms with Gasteiger partial charge in [-0.15, -0.1) is 0 Å². The minimum Gasteiger partial charge on any atom is -0.482 e. The number of carboxylic acids is 1. The number of ether oxygens (including phenoxy) is 1. The number of hydrogen-bond donors (Lipinski definition) is 1. The third-order valence-corrected chi connectivity index (χ3v) is 2.65. The van der Waals surface area contributed by atoms with Crippen LogP contribution in [0, 0.1) is 0 Å². The number of benzene rings is 1. The zero-order valence-electron chi connectivity index (χ0n) is 11.4. The van der Waals surface area contributed by atoms with Gasteiger partial charge in [0.15, 0.2) is 12.4 Å². The van der Waals surface area contributed by atoms with Crippen LogP contribution in [0.5, 0.6) is 5.75 Å². The Kier molecular flexibility index (Phi) is 4.50. The van der Waals surface area contributed by atoms with E-state index in [0.717, 1.165) is 5.56 Å². The van der Waals surface area contributed by atoms with Crippen LogP contribution in [0.15, 0.2) is 42.7 Å². The lowest BCUT2D eigenvalue weighted by molar-refractivity contribution is -0.139. The minimum atomic E-state index is -1.05. The van der Waals surface area contributed by atoms with Crippen LogP contribution in [0.4, 0.5) is 0 Å². The molecule has 0 aliphatic rings. The van der Waals surface area contributed by atoms with E-state index < -0.39 is 12.6 Å². The van der Waals surface area contributed by atoms with Gasteiger partial charge in [-0.1, -0.05) is 0 Å². The van der Waals surface area contributed by atoms with Crippen molar-refractivity contribution >= 4 is 17.8 Å². The van der Waals surface area contributed by atoms with Crippen LogP contribution in [0.1, 0.15) is 15.9 Å². The Morgan fingerprint density at radius 1 is 1.33 bits per heavy atom. The molecule has 0 radical (unpaired) electrons. The van der Waals surface area contributed by atoms with E-state index in [4.69, 9.17) is 9.84 Å². The summed E-state index contributed by atoms with van der Waals surface area (Å²) in [6.07, 6.45) is 6.60. The molecule has 0 saturated heterocycles. The van der Waals surface area contributed by atoms with Crippen molar-refractivity contribution in [3.05, 3.63) is 53.9 Å². The molecule has 108 valence electrons. The summed E-state index contributed by atoms with van der Waals surface area (Å²) in [5.41, 5.74) is 1.34. The van der Waals surface area contributed by atoms with Crippen molar-refractivity contribution in [2.45, 2.75) is 0 Å². The van der Waals surface area contributed by atoms with Gasteiger partial charge in [0, 0.05) is 24.4 Å². The summed E-state index contributed by atoms with van der Waals surface area (Å²) >= 11 is 0. The van der Waals surface area contributed by atoms with Gasteiger partial charge in [-0.05, 0) is 36.4 Å². The van der Waals surface area contributed by atoms with Gasteiger partial charge in [-0.3, -0.25) is 9.48 Å². The largest absolute Gasteiger partial charge is 0.482 e. The predicted molar refractivity (Wildman–Crippen MR) is 76.1 cm³/mol. The minimum absolute atomic E-state index is 0.149. The maximum absolute atomic E-state index is 12.0. The second-order valence-electron chi connectivity index (χ2n) is 4.35. The van der Waals surface area contributed by atoms with Gasteiger partial charge in [-0.2, -0.15) is 5.10 Å². The van der Waals surface area contributed by atoms with Crippen molar-refractivity contribution in [1.82, 2.24) is 9.78 Å². The fraction of sp³-hybridized carbons (Fsp3) is 0.133. The molecule has 0 atom stereocenters. The molecule has 0 unspecified atom stereocenters. The predicted octanol–water partition coefficient (Wildman–Crippen LogP) is 1.78. The Balaban J connectivity index is 1.99. The Bertz CT molecular complexity index is 671. The number of rotatable bonds is 6. The zero-order valence-corrected chi connectivity index (χ0v) is 11.4. The van der Waals surface area contributed by atoms with Gasteiger partial charge >= 0.3 is 5.97 Å². The van der Waals surface area contributed by atoms with E-state index in [1.165, 1.54) is 6.08 Å². The molecule has 21 heavy (non-hydrogen) atoms. The normalized spacial score (nSPS) is 10.7. The van der Waals surface area contributed by atoms with Gasteiger partial charge in [-0.25, -0.2) is 4.79 Å². The summed E-state index contributed by atoms with van der Waals surface area (Å²) in [5.74, 6) is -0.789. The van der Waals surface area contributed by atoms with Crippen LogP contribution in [0.2, 0.25) is 0 Å². The van der Waals surface area contributed by atoms with Crippen molar-refractivity contribution in [3.8, 4) is 5.75 Å². The first-order valence-corrected chi connectivity index (χ1v) is 6.20. The Morgan fingerprint density at radius 2 is 2.05 bits per heavy atom. The molecule has 1 N–H and O–H groups in total. The number of aliphatic carboxylic acids is 1. The van der Waals surface area contributed by atoms with Crippen molar-refractivity contribution in [2.75, 3.05) is 6.61 Å². The number of ketones is 1. The smallest absolute Gasteiger partial charge is 0.341 e. The monoisotopic (exact) mass is 286 g/mol. The van der Waals surface area contributed by atoms with E-state index in [2.05, 4.69) is 5.10 Å². The molecule has 0 fully saturated rings. The topological polar surface area (TPSA) is 81.4 Å². The first-order chi connectivity index (χ1) is 10.0. The van der Waals surface area contributed by atoms with E-state index in [9.17, 15) is 9.59 Å². The van der Waals surface area contributed by atoms with Crippen molar-refractivity contribution in [2.24, 2.45) is 7.05 Å². The summed E-state index contributed by atoms with van der Waals surface area (Å²) < 4.78 is 6.65. The number of allylic oxidation sites excluding steroid dienone is 1. The zero-order chi connectivity index (χ0) is 15.2. The summed E-state index contributed by atoms with van der Waals surface area (Å²) in [5, 5.41) is 12.5. The van der Waals surface area contributed by atoms with E-state index in [-0.39, 0.29) is 5.78 Å². The van der Waals surface area contributed by atoms with Crippen LogP contribution in [-0.4, -0.2) is 33.2 Å². The molecule has 6 nitrogen and oxygen atoms in total. The van der Waals surface area contributed by atoms with E-state index in [1.54, 1.807) is 54.5 Å². The molecule has 1 aromatic carbocycles. The quantitative estimate of drug-likeness (QED) is 0.646. The molecule has 0 spiro atoms. The summed E-state index contributed by atoms with van der Waals surface area (Å²) in [6.45, 7) is -0.409. The van der Waals surface area contributed by atoms with Crippen LogP contribution in [0.3, 0.4) is 0 Å². The number of nitrogens with zero attached hydrogens (tertiary/aromatic N) is 2. The fourth-order valence-electron chi connectivity index (χ4n) is 1.65. The summed E-state index contributed by atoms with van der Waals surface area (Å²) in [7, 11) is 1.80. The highest BCUT2D eigenvalue weighted by Crippen LogP contribution is 2.13. The van der Waals surface area contributed by atoms with Crippen LogP contribution >= 0.6 is 0 Å². The molecule has 0 amide bonds. The highest BCUT2D eigenvalue weighted by molar-refractivity contribution is 6.06. The van der Waals surface area contributed by atoms with Crippen LogP contribution in [0.25, 0.3) is 6.08 Å². The fourth-order valence-corrected chi connectivity index (χ4v) is 1.65. The molecule has 0 aliphatic heterocycles. The lowest BCUT2D eigenvalue weighted by Gasteiger charge is -2.03. The Labute approximate surface area is 121 Å². The van der Waals surface area contributed by atoms with Crippen molar-refractivity contribution in [3.63, 3.8) is 0 Å². The number of aryl methyl sites for hydroxylation is 1. The van der Waals surface area contributed by atoms with E-state index in [0.29, 0.717) is 11.3 Å². The number of carboxylic acid groups (broad SMARTS) is 1. The Morgan fingerprint density at radius 3 is 2.62 bits per heavy atom. The van der Waals surface area contributed by atoms with Crippen molar-refractivity contribution in [1.29, 1.82) is 0 Å². The molecule has 1 aromatic heterocycles. The number of carbonyl (C=O) groups is 2. The molecule has 0 aliphatic carbocycles. The average Bonchev–Trinajstić information content (AvgIpc) is 2.89. The second kappa shape index (κ2) is 6.51. The standard InChI is InChI=1S/C15H14N2O4/c1-17-9-11(8-16-17)2-7-14(18)12-3-5-13(6-4-12)21-10-15(19)20/h2-9H,10H2,1H3,(H,19,20)/b7-2-. The molecule has 0 saturated carbocycles. The summed E-state index contributed by atoms with van der Waals surface area (Å²) in [6, 6.07) is 6.31. The van der Waals surface area contributed by atoms with Crippen LogP contribution < -0.4 is 4.74 Å². The lowest BCUT2D eigenvalue weighted by Crippen LogP contribution is -2.09. The molecule has 2 rings (SSSR count). The number of hydrogen-bond acceptors (Lipinski definition) is 4. The van der Waals surface area contributed by atoms with Gasteiger partial charge in [0.1, 0.15) is 5.75 Å². The number of aromatic nitrogens is 2. The van der Waals surface area contributed by atoms with Gasteiger partial charge < -0.3 is 9.84 Å². The average molecular weight is 286 g/mol. The highest BCUT2D eigenvalue weighted by Gasteiger charge is 2.04. The highest BCUT2D eigenvalue weighted by atomic mass is 16.5. The third-order valence-electron chi connectivity index (χ3n) is 2.65. The summed E-state index contributed by atoms with van der Waals surface area (Å²) in [4.78, 5) is 22.3. The maximum atomic E-state index is 12.0. The molecular formula is C15H14N2O4. The molecule has 2 aromatic rings. The number of carbonyl (C=O) groups excluding carboxylic acids is 1. The second-order valence-corrected chi connectivity index (χ2v) is 4.35. The van der Waals surface area contributed by atoms with E-state index >= 15 is 0 Å². The molecular weight excluding hydrogens is 272 g/mol. The lowest BCUT2D eigenvalue weighted by atomic mass is 10.1. The van der Waals surface area contributed by atoms with Gasteiger partial charge in [0.2, 0.25) is 0 Å². The first kappa shape index (κ1) is 14.5. The molecule has 1 heterocycles. The first-order valence-electron chi connectivity index (χ1n) is 6.20. The SMILES string of the molecule is Cn1cc(/C=C\C(=O)c2ccc(OCC(=O)O)cc2)cn1.